The predicted molar refractivity (Wildman–Crippen MR) is 86.3 cm³/mol. The molecule has 1 fully saturated rings. The number of aliphatic hydroxyl groups is 1. The largest absolute Gasteiger partial charge is 0.474 e. The van der Waals surface area contributed by atoms with Crippen LogP contribution in [0.3, 0.4) is 0 Å². The van der Waals surface area contributed by atoms with Crippen LogP contribution >= 0.6 is 11.6 Å². The third-order valence-electron chi connectivity index (χ3n) is 3.95. The van der Waals surface area contributed by atoms with Crippen LogP contribution in [0.5, 0.6) is 5.88 Å². The van der Waals surface area contributed by atoms with E-state index in [1.807, 2.05) is 30.3 Å². The molecule has 3 atom stereocenters. The molecule has 1 aliphatic rings. The smallest absolute Gasteiger partial charge is 0.218 e. The SMILES string of the molecule is O[C@H]1C[C@H](Oc2cc(Cl)ncn2)CC1COCc1ccccc1. The maximum atomic E-state index is 10.2. The minimum Gasteiger partial charge on any atom is -0.474 e. The number of nitrogens with zero attached hydrogens (tertiary/aromatic N) is 2. The average molecular weight is 335 g/mol. The van der Waals surface area contributed by atoms with E-state index < -0.39 is 6.10 Å². The van der Waals surface area contributed by atoms with Gasteiger partial charge in [-0.05, 0) is 12.0 Å². The van der Waals surface area contributed by atoms with Crippen LogP contribution in [0.4, 0.5) is 0 Å². The standard InChI is InChI=1S/C17H19ClN2O3/c18-16-8-17(20-11-19-16)23-14-6-13(15(21)7-14)10-22-9-12-4-2-1-3-5-12/h1-5,8,11,13-15,21H,6-7,9-10H2/t13?,14-,15+/m1/s1. The zero-order chi connectivity index (χ0) is 16.1. The quantitative estimate of drug-likeness (QED) is 0.823. The second-order valence-corrected chi connectivity index (χ2v) is 6.11. The van der Waals surface area contributed by atoms with Gasteiger partial charge >= 0.3 is 0 Å². The van der Waals surface area contributed by atoms with Gasteiger partial charge < -0.3 is 14.6 Å². The van der Waals surface area contributed by atoms with Crippen molar-refractivity contribution in [3.63, 3.8) is 0 Å². The Hall–Kier alpha value is -1.69. The summed E-state index contributed by atoms with van der Waals surface area (Å²) in [6.07, 6.45) is 2.16. The van der Waals surface area contributed by atoms with Gasteiger partial charge in [0, 0.05) is 18.4 Å². The van der Waals surface area contributed by atoms with Gasteiger partial charge in [-0.15, -0.1) is 0 Å². The van der Waals surface area contributed by atoms with E-state index in [4.69, 9.17) is 21.1 Å². The predicted octanol–water partition coefficient (Wildman–Crippen LogP) is 2.87. The lowest BCUT2D eigenvalue weighted by Crippen LogP contribution is -2.18. The maximum absolute atomic E-state index is 10.2. The van der Waals surface area contributed by atoms with E-state index >= 15 is 0 Å². The summed E-state index contributed by atoms with van der Waals surface area (Å²) in [6, 6.07) is 11.6. The van der Waals surface area contributed by atoms with Gasteiger partial charge in [0.15, 0.2) is 0 Å². The van der Waals surface area contributed by atoms with Crippen molar-refractivity contribution in [1.82, 2.24) is 9.97 Å². The Labute approximate surface area is 140 Å². The Morgan fingerprint density at radius 2 is 2.00 bits per heavy atom. The molecule has 1 saturated carbocycles. The first kappa shape index (κ1) is 16.2. The monoisotopic (exact) mass is 334 g/mol. The summed E-state index contributed by atoms with van der Waals surface area (Å²) in [4.78, 5) is 7.84. The topological polar surface area (TPSA) is 64.5 Å². The lowest BCUT2D eigenvalue weighted by atomic mass is 10.1. The van der Waals surface area contributed by atoms with Crippen LogP contribution in [0, 0.1) is 5.92 Å². The van der Waals surface area contributed by atoms with E-state index in [0.717, 1.165) is 12.0 Å². The number of aliphatic hydroxyl groups excluding tert-OH is 1. The highest BCUT2D eigenvalue weighted by molar-refractivity contribution is 6.29. The lowest BCUT2D eigenvalue weighted by molar-refractivity contribution is 0.0367. The van der Waals surface area contributed by atoms with E-state index in [0.29, 0.717) is 30.7 Å². The fraction of sp³-hybridized carbons (Fsp3) is 0.412. The number of hydrogen-bond acceptors (Lipinski definition) is 5. The van der Waals surface area contributed by atoms with Gasteiger partial charge in [-0.25, -0.2) is 9.97 Å². The molecule has 1 unspecified atom stereocenters. The van der Waals surface area contributed by atoms with E-state index in [9.17, 15) is 5.11 Å². The first-order valence-electron chi connectivity index (χ1n) is 7.64. The van der Waals surface area contributed by atoms with Crippen molar-refractivity contribution in [1.29, 1.82) is 0 Å². The van der Waals surface area contributed by atoms with Gasteiger partial charge in [0.05, 0.1) is 19.3 Å². The third-order valence-corrected chi connectivity index (χ3v) is 4.16. The van der Waals surface area contributed by atoms with Crippen LogP contribution in [-0.4, -0.2) is 33.9 Å². The number of aromatic nitrogens is 2. The van der Waals surface area contributed by atoms with E-state index in [1.165, 1.54) is 6.33 Å². The first-order chi connectivity index (χ1) is 11.2. The van der Waals surface area contributed by atoms with Crippen LogP contribution in [0.1, 0.15) is 18.4 Å². The molecular formula is C17H19ClN2O3. The second-order valence-electron chi connectivity index (χ2n) is 5.72. The Bertz CT molecular complexity index is 626. The molecule has 0 spiro atoms. The summed E-state index contributed by atoms with van der Waals surface area (Å²) in [5, 5.41) is 10.5. The molecule has 0 bridgehead atoms. The van der Waals surface area contributed by atoms with Crippen LogP contribution in [0.25, 0.3) is 0 Å². The fourth-order valence-electron chi connectivity index (χ4n) is 2.78. The molecule has 6 heteroatoms. The molecule has 5 nitrogen and oxygen atoms in total. The van der Waals surface area contributed by atoms with Crippen LogP contribution in [-0.2, 0) is 11.3 Å². The molecule has 1 aromatic carbocycles. The van der Waals surface area contributed by atoms with Gasteiger partial charge in [0.25, 0.3) is 0 Å². The number of halogens is 1. The van der Waals surface area contributed by atoms with Crippen molar-refractivity contribution in [2.45, 2.75) is 31.7 Å². The highest BCUT2D eigenvalue weighted by Gasteiger charge is 2.34. The highest BCUT2D eigenvalue weighted by Crippen LogP contribution is 2.30. The van der Waals surface area contributed by atoms with Gasteiger partial charge in [0.2, 0.25) is 5.88 Å². The second kappa shape index (κ2) is 7.73. The van der Waals surface area contributed by atoms with Crippen LogP contribution < -0.4 is 4.74 Å². The summed E-state index contributed by atoms with van der Waals surface area (Å²) in [6.45, 7) is 1.07. The zero-order valence-electron chi connectivity index (χ0n) is 12.6. The molecule has 1 N–H and O–H groups in total. The average Bonchev–Trinajstić information content (AvgIpc) is 2.88. The lowest BCUT2D eigenvalue weighted by Gasteiger charge is -2.14. The molecule has 23 heavy (non-hydrogen) atoms. The number of hydrogen-bond donors (Lipinski definition) is 1. The summed E-state index contributed by atoms with van der Waals surface area (Å²) >= 11 is 5.81. The van der Waals surface area contributed by atoms with Gasteiger partial charge in [0.1, 0.15) is 17.6 Å². The molecule has 0 amide bonds. The summed E-state index contributed by atoms with van der Waals surface area (Å²) < 4.78 is 11.5. The van der Waals surface area contributed by atoms with E-state index in [2.05, 4.69) is 9.97 Å². The van der Waals surface area contributed by atoms with Crippen LogP contribution in [0.2, 0.25) is 5.15 Å². The van der Waals surface area contributed by atoms with Crippen molar-refractivity contribution in [2.75, 3.05) is 6.61 Å². The third kappa shape index (κ3) is 4.64. The van der Waals surface area contributed by atoms with Gasteiger partial charge in [-0.3, -0.25) is 0 Å². The zero-order valence-corrected chi connectivity index (χ0v) is 13.4. The first-order valence-corrected chi connectivity index (χ1v) is 8.02. The fourth-order valence-corrected chi connectivity index (χ4v) is 2.92. The summed E-state index contributed by atoms with van der Waals surface area (Å²) in [5.74, 6) is 0.508. The minimum absolute atomic E-state index is 0.0704. The van der Waals surface area contributed by atoms with E-state index in [1.54, 1.807) is 6.07 Å². The number of rotatable bonds is 6. The van der Waals surface area contributed by atoms with Crippen molar-refractivity contribution in [2.24, 2.45) is 5.92 Å². The van der Waals surface area contributed by atoms with Gasteiger partial charge in [-0.1, -0.05) is 41.9 Å². The Kier molecular flexibility index (Phi) is 5.43. The van der Waals surface area contributed by atoms with Crippen molar-refractivity contribution in [3.05, 3.63) is 53.4 Å². The van der Waals surface area contributed by atoms with Crippen molar-refractivity contribution >= 4 is 11.6 Å². The van der Waals surface area contributed by atoms with Crippen molar-refractivity contribution < 1.29 is 14.6 Å². The molecule has 0 aliphatic heterocycles. The molecule has 1 aliphatic carbocycles. The molecule has 1 aromatic heterocycles. The minimum atomic E-state index is -0.423. The van der Waals surface area contributed by atoms with Gasteiger partial charge in [-0.2, -0.15) is 0 Å². The molecule has 1 heterocycles. The molecule has 0 saturated heterocycles. The maximum Gasteiger partial charge on any atom is 0.218 e. The highest BCUT2D eigenvalue weighted by atomic mass is 35.5. The van der Waals surface area contributed by atoms with E-state index in [-0.39, 0.29) is 12.0 Å². The Balaban J connectivity index is 1.46. The Morgan fingerprint density at radius 1 is 1.17 bits per heavy atom. The molecule has 122 valence electrons. The van der Waals surface area contributed by atoms with Crippen LogP contribution in [0.15, 0.2) is 42.7 Å². The Morgan fingerprint density at radius 3 is 2.78 bits per heavy atom. The molecule has 2 aromatic rings. The summed E-state index contributed by atoms with van der Waals surface area (Å²) in [5.41, 5.74) is 1.13. The molecular weight excluding hydrogens is 316 g/mol. The molecule has 0 radical (unpaired) electrons. The number of benzene rings is 1. The molecule has 3 rings (SSSR count). The number of ether oxygens (including phenoxy) is 2. The normalized spacial score (nSPS) is 23.8. The van der Waals surface area contributed by atoms with Crippen molar-refractivity contribution in [3.8, 4) is 5.88 Å². The summed E-state index contributed by atoms with van der Waals surface area (Å²) in [7, 11) is 0.